The lowest BCUT2D eigenvalue weighted by atomic mass is 10.0. The van der Waals surface area contributed by atoms with Gasteiger partial charge >= 0.3 is 6.03 Å². The molecule has 2 heterocycles. The second-order valence-corrected chi connectivity index (χ2v) is 7.88. The Morgan fingerprint density at radius 3 is 2.62 bits per heavy atom. The number of carbonyl (C=O) groups excluding carboxylic acids is 1. The average molecular weight is 424 g/mol. The summed E-state index contributed by atoms with van der Waals surface area (Å²) in [4.78, 5) is 15.5. The molecule has 0 unspecified atom stereocenters. The predicted octanol–water partition coefficient (Wildman–Crippen LogP) is 5.30. The van der Waals surface area contributed by atoms with Crippen LogP contribution < -0.4 is 10.1 Å². The van der Waals surface area contributed by atoms with Crippen LogP contribution in [0.15, 0.2) is 97.2 Å². The van der Waals surface area contributed by atoms with E-state index in [1.807, 2.05) is 65.6 Å². The Kier molecular flexibility index (Phi) is 5.38. The van der Waals surface area contributed by atoms with Crippen molar-refractivity contribution in [2.75, 3.05) is 7.11 Å². The molecule has 1 N–H and O–H groups in total. The fourth-order valence-corrected chi connectivity index (χ4v) is 4.39. The number of methoxy groups -OCH3 is 1. The molecule has 5 heteroatoms. The molecule has 1 aliphatic rings. The molecule has 5 nitrogen and oxygen atoms in total. The first-order valence-corrected chi connectivity index (χ1v) is 10.7. The topological polar surface area (TPSA) is 46.5 Å². The summed E-state index contributed by atoms with van der Waals surface area (Å²) in [5.74, 6) is 0.778. The molecule has 0 saturated carbocycles. The van der Waals surface area contributed by atoms with Crippen LogP contribution in [-0.2, 0) is 13.1 Å². The zero-order valence-corrected chi connectivity index (χ0v) is 17.9. The molecule has 2 amide bonds. The Balaban J connectivity index is 1.52. The van der Waals surface area contributed by atoms with Gasteiger partial charge in [-0.3, -0.25) is 0 Å². The van der Waals surface area contributed by atoms with Crippen molar-refractivity contribution < 1.29 is 9.53 Å². The van der Waals surface area contributed by atoms with Crippen LogP contribution in [0.5, 0.6) is 5.75 Å². The third kappa shape index (κ3) is 3.73. The number of para-hydroxylation sites is 1. The molecule has 1 atom stereocenters. The van der Waals surface area contributed by atoms with Gasteiger partial charge in [0.15, 0.2) is 0 Å². The molecule has 0 radical (unpaired) electrons. The van der Waals surface area contributed by atoms with Gasteiger partial charge in [0.05, 0.1) is 25.4 Å². The molecule has 4 aromatic rings. The van der Waals surface area contributed by atoms with Gasteiger partial charge in [0.25, 0.3) is 0 Å². The molecule has 160 valence electrons. The van der Waals surface area contributed by atoms with Gasteiger partial charge in [-0.2, -0.15) is 0 Å². The maximum atomic E-state index is 13.6. The van der Waals surface area contributed by atoms with E-state index < -0.39 is 0 Å². The van der Waals surface area contributed by atoms with Crippen molar-refractivity contribution in [3.8, 4) is 11.4 Å². The predicted molar refractivity (Wildman–Crippen MR) is 125 cm³/mol. The molecule has 5 rings (SSSR count). The lowest BCUT2D eigenvalue weighted by molar-refractivity contribution is 0.180. The number of hydrogen-bond acceptors (Lipinski definition) is 2. The highest BCUT2D eigenvalue weighted by Crippen LogP contribution is 2.36. The van der Waals surface area contributed by atoms with Crippen molar-refractivity contribution in [1.29, 1.82) is 0 Å². The summed E-state index contributed by atoms with van der Waals surface area (Å²) in [7, 11) is 1.64. The molecule has 3 aromatic carbocycles. The number of aromatic nitrogens is 1. The molecule has 0 saturated heterocycles. The van der Waals surface area contributed by atoms with Gasteiger partial charge in [-0.05, 0) is 47.0 Å². The van der Waals surface area contributed by atoms with E-state index in [-0.39, 0.29) is 12.1 Å². The van der Waals surface area contributed by atoms with E-state index in [1.165, 1.54) is 0 Å². The van der Waals surface area contributed by atoms with Crippen LogP contribution >= 0.6 is 0 Å². The lowest BCUT2D eigenvalue weighted by Crippen LogP contribution is -2.41. The van der Waals surface area contributed by atoms with Crippen LogP contribution in [0.3, 0.4) is 0 Å². The van der Waals surface area contributed by atoms with Crippen LogP contribution in [0.2, 0.25) is 0 Å². The van der Waals surface area contributed by atoms with Crippen molar-refractivity contribution in [3.63, 3.8) is 0 Å². The van der Waals surface area contributed by atoms with Gasteiger partial charge in [0, 0.05) is 18.4 Å². The van der Waals surface area contributed by atoms with Crippen molar-refractivity contribution in [1.82, 2.24) is 14.8 Å². The van der Waals surface area contributed by atoms with Gasteiger partial charge in [0.2, 0.25) is 0 Å². The van der Waals surface area contributed by atoms with E-state index in [1.54, 1.807) is 7.11 Å². The third-order valence-corrected chi connectivity index (χ3v) is 5.92. The third-order valence-electron chi connectivity index (χ3n) is 5.92. The molecule has 32 heavy (non-hydrogen) atoms. The smallest absolute Gasteiger partial charge is 0.318 e. The monoisotopic (exact) mass is 423 g/mol. The maximum absolute atomic E-state index is 13.6. The fourth-order valence-electron chi connectivity index (χ4n) is 4.39. The van der Waals surface area contributed by atoms with Gasteiger partial charge in [-0.25, -0.2) is 4.79 Å². The Labute approximate surface area is 187 Å². The maximum Gasteiger partial charge on any atom is 0.318 e. The van der Waals surface area contributed by atoms with Crippen molar-refractivity contribution >= 4 is 6.03 Å². The van der Waals surface area contributed by atoms with Crippen molar-refractivity contribution in [2.45, 2.75) is 19.1 Å². The SMILES string of the molecule is COc1cccc(CNC(=O)N2Cc3ccccc3-n3cccc3[C@H]2c2ccccc2)c1. The fraction of sp³-hybridized carbons (Fsp3) is 0.148. The lowest BCUT2D eigenvalue weighted by Gasteiger charge is -2.31. The zero-order valence-electron chi connectivity index (χ0n) is 17.9. The van der Waals surface area contributed by atoms with Gasteiger partial charge in [0.1, 0.15) is 5.75 Å². The molecule has 0 fully saturated rings. The van der Waals surface area contributed by atoms with Crippen LogP contribution in [0.4, 0.5) is 4.79 Å². The first kappa shape index (κ1) is 19.9. The number of nitrogens with zero attached hydrogens (tertiary/aromatic N) is 2. The number of benzene rings is 3. The van der Waals surface area contributed by atoms with Gasteiger partial charge < -0.3 is 19.5 Å². The van der Waals surface area contributed by atoms with Crippen LogP contribution in [0.25, 0.3) is 5.69 Å². The minimum absolute atomic E-state index is 0.105. The minimum atomic E-state index is -0.205. The first-order valence-electron chi connectivity index (χ1n) is 10.7. The van der Waals surface area contributed by atoms with E-state index in [0.717, 1.165) is 33.8 Å². The number of carbonyl (C=O) groups is 1. The number of ether oxygens (including phenoxy) is 1. The Morgan fingerprint density at radius 2 is 1.78 bits per heavy atom. The first-order chi connectivity index (χ1) is 15.7. The summed E-state index contributed by atoms with van der Waals surface area (Å²) in [6.07, 6.45) is 2.07. The second-order valence-electron chi connectivity index (χ2n) is 7.88. The minimum Gasteiger partial charge on any atom is -0.497 e. The second kappa shape index (κ2) is 8.63. The summed E-state index contributed by atoms with van der Waals surface area (Å²) < 4.78 is 7.51. The molecule has 0 spiro atoms. The van der Waals surface area contributed by atoms with E-state index >= 15 is 0 Å². The molecule has 0 aliphatic carbocycles. The van der Waals surface area contributed by atoms with Crippen LogP contribution in [-0.4, -0.2) is 22.6 Å². The summed E-state index contributed by atoms with van der Waals surface area (Å²) in [5.41, 5.74) is 5.36. The summed E-state index contributed by atoms with van der Waals surface area (Å²) in [5, 5.41) is 3.12. The Hall–Kier alpha value is -3.99. The van der Waals surface area contributed by atoms with Crippen LogP contribution in [0.1, 0.15) is 28.4 Å². The molecular formula is C27H25N3O2. The zero-order chi connectivity index (χ0) is 21.9. The molecule has 1 aromatic heterocycles. The number of rotatable bonds is 4. The van der Waals surface area contributed by atoms with E-state index in [0.29, 0.717) is 13.1 Å². The normalized spacial score (nSPS) is 14.8. The highest BCUT2D eigenvalue weighted by atomic mass is 16.5. The van der Waals surface area contributed by atoms with Gasteiger partial charge in [-0.15, -0.1) is 0 Å². The number of nitrogens with one attached hydrogen (secondary N) is 1. The molecule has 1 aliphatic heterocycles. The highest BCUT2D eigenvalue weighted by molar-refractivity contribution is 5.76. The Bertz CT molecular complexity index is 1230. The van der Waals surface area contributed by atoms with Crippen molar-refractivity contribution in [2.24, 2.45) is 0 Å². The summed E-state index contributed by atoms with van der Waals surface area (Å²) >= 11 is 0. The molecular weight excluding hydrogens is 398 g/mol. The van der Waals surface area contributed by atoms with E-state index in [4.69, 9.17) is 4.74 Å². The molecule has 0 bridgehead atoms. The number of hydrogen-bond donors (Lipinski definition) is 1. The largest absolute Gasteiger partial charge is 0.497 e. The Morgan fingerprint density at radius 1 is 0.969 bits per heavy atom. The standard InChI is InChI=1S/C27H25N3O2/c1-32-23-13-7-9-20(17-23)18-28-27(31)30-19-22-12-5-6-14-24(22)29-16-8-15-25(29)26(30)21-10-3-2-4-11-21/h2-17,26H,18-19H2,1H3,(H,28,31)/t26-/m1/s1. The number of fused-ring (bicyclic) bond motifs is 3. The van der Waals surface area contributed by atoms with Crippen LogP contribution in [0, 0.1) is 0 Å². The van der Waals surface area contributed by atoms with Crippen molar-refractivity contribution in [3.05, 3.63) is 120 Å². The quantitative estimate of drug-likeness (QED) is 0.484. The summed E-state index contributed by atoms with van der Waals surface area (Å²) in [6.45, 7) is 0.943. The summed E-state index contributed by atoms with van der Waals surface area (Å²) in [6, 6.07) is 30.1. The van der Waals surface area contributed by atoms with E-state index in [2.05, 4.69) is 46.4 Å². The van der Waals surface area contributed by atoms with Gasteiger partial charge in [-0.1, -0.05) is 60.7 Å². The number of urea groups is 1. The average Bonchev–Trinajstić information content (AvgIpc) is 3.27. The van der Waals surface area contributed by atoms with E-state index in [9.17, 15) is 4.79 Å². The number of amides is 2. The highest BCUT2D eigenvalue weighted by Gasteiger charge is 2.32.